The van der Waals surface area contributed by atoms with Crippen LogP contribution in [0.2, 0.25) is 0 Å². The lowest BCUT2D eigenvalue weighted by molar-refractivity contribution is -0.153. The number of rotatable bonds is 6. The molecule has 0 aliphatic carbocycles. The van der Waals surface area contributed by atoms with Crippen molar-refractivity contribution in [2.75, 3.05) is 26.2 Å². The van der Waals surface area contributed by atoms with Crippen LogP contribution in [0.15, 0.2) is 53.4 Å². The van der Waals surface area contributed by atoms with Gasteiger partial charge in [0.05, 0.1) is 17.4 Å². The van der Waals surface area contributed by atoms with E-state index in [-0.39, 0.29) is 30.4 Å². The molecule has 2 aromatic rings. The average molecular weight is 475 g/mol. The minimum absolute atomic E-state index is 0.0399. The Morgan fingerprint density at radius 2 is 1.67 bits per heavy atom. The standard InChI is InChI=1S/C24H27FN2O5S/c25-19-8-10-20(11-9-19)33(30,31)27-15-12-18-6-2-3-7-21(18)22(27)16-24(29)32-17-23(28)26-13-4-1-5-14-26/h2-3,6-11,22H,1,4-5,12-17H2/t22-/m0/s1. The Morgan fingerprint density at radius 3 is 2.39 bits per heavy atom. The Kier molecular flexibility index (Phi) is 7.09. The van der Waals surface area contributed by atoms with Crippen LogP contribution in [0.3, 0.4) is 0 Å². The number of likely N-dealkylation sites (tertiary alicyclic amines) is 1. The normalized spacial score (nSPS) is 19.1. The summed E-state index contributed by atoms with van der Waals surface area (Å²) in [7, 11) is -3.98. The zero-order chi connectivity index (χ0) is 23.4. The van der Waals surface area contributed by atoms with Gasteiger partial charge in [-0.3, -0.25) is 9.59 Å². The Morgan fingerprint density at radius 1 is 0.970 bits per heavy atom. The van der Waals surface area contributed by atoms with Gasteiger partial charge in [0.25, 0.3) is 5.91 Å². The summed E-state index contributed by atoms with van der Waals surface area (Å²) in [5, 5.41) is 0. The Hall–Kier alpha value is -2.78. The van der Waals surface area contributed by atoms with Crippen LogP contribution >= 0.6 is 0 Å². The topological polar surface area (TPSA) is 84.0 Å². The molecule has 0 N–H and O–H groups in total. The highest BCUT2D eigenvalue weighted by molar-refractivity contribution is 7.89. The van der Waals surface area contributed by atoms with E-state index in [0.717, 1.165) is 42.5 Å². The van der Waals surface area contributed by atoms with Gasteiger partial charge >= 0.3 is 5.97 Å². The van der Waals surface area contributed by atoms with Crippen molar-refractivity contribution in [2.24, 2.45) is 0 Å². The van der Waals surface area contributed by atoms with Gasteiger partial charge in [-0.05, 0) is 61.1 Å². The molecule has 2 aliphatic rings. The van der Waals surface area contributed by atoms with Gasteiger partial charge in [-0.2, -0.15) is 4.31 Å². The summed E-state index contributed by atoms with van der Waals surface area (Å²) in [5.74, 6) is -1.40. The summed E-state index contributed by atoms with van der Waals surface area (Å²) in [6, 6.07) is 11.2. The SMILES string of the molecule is O=C(C[C@H]1c2ccccc2CCN1S(=O)(=O)c1ccc(F)cc1)OCC(=O)N1CCCCC1. The number of halogens is 1. The second-order valence-electron chi connectivity index (χ2n) is 8.34. The predicted molar refractivity (Wildman–Crippen MR) is 119 cm³/mol. The number of piperidine rings is 1. The summed E-state index contributed by atoms with van der Waals surface area (Å²) in [5.41, 5.74) is 1.69. The number of esters is 1. The molecule has 33 heavy (non-hydrogen) atoms. The summed E-state index contributed by atoms with van der Waals surface area (Å²) in [6.07, 6.45) is 3.24. The van der Waals surface area contributed by atoms with Crippen molar-refractivity contribution in [1.29, 1.82) is 0 Å². The van der Waals surface area contributed by atoms with Gasteiger partial charge in [0.15, 0.2) is 6.61 Å². The fourth-order valence-corrected chi connectivity index (χ4v) is 6.07. The molecular formula is C24H27FN2O5S. The second-order valence-corrected chi connectivity index (χ2v) is 10.2. The minimum atomic E-state index is -3.98. The number of benzene rings is 2. The first kappa shape index (κ1) is 23.4. The first-order valence-electron chi connectivity index (χ1n) is 11.1. The van der Waals surface area contributed by atoms with Crippen LogP contribution in [-0.2, 0) is 30.8 Å². The Bertz CT molecular complexity index is 1110. The van der Waals surface area contributed by atoms with Crippen molar-refractivity contribution in [3.63, 3.8) is 0 Å². The minimum Gasteiger partial charge on any atom is -0.456 e. The molecule has 1 fully saturated rings. The van der Waals surface area contributed by atoms with Crippen molar-refractivity contribution < 1.29 is 27.1 Å². The third-order valence-electron chi connectivity index (χ3n) is 6.21. The lowest BCUT2D eigenvalue weighted by atomic mass is 9.92. The van der Waals surface area contributed by atoms with Crippen LogP contribution in [0.25, 0.3) is 0 Å². The van der Waals surface area contributed by atoms with Crippen LogP contribution in [0.5, 0.6) is 0 Å². The van der Waals surface area contributed by atoms with Crippen molar-refractivity contribution >= 4 is 21.9 Å². The average Bonchev–Trinajstić information content (AvgIpc) is 2.83. The quantitative estimate of drug-likeness (QED) is 0.601. The first-order valence-corrected chi connectivity index (χ1v) is 12.6. The molecule has 1 saturated heterocycles. The molecule has 2 aromatic carbocycles. The van der Waals surface area contributed by atoms with Gasteiger partial charge in [-0.15, -0.1) is 0 Å². The third-order valence-corrected chi connectivity index (χ3v) is 8.13. The smallest absolute Gasteiger partial charge is 0.308 e. The number of carbonyl (C=O) groups excluding carboxylic acids is 2. The van der Waals surface area contributed by atoms with Crippen molar-refractivity contribution in [1.82, 2.24) is 9.21 Å². The number of fused-ring (bicyclic) bond motifs is 1. The van der Waals surface area contributed by atoms with E-state index in [0.29, 0.717) is 19.5 Å². The van der Waals surface area contributed by atoms with E-state index in [1.807, 2.05) is 12.1 Å². The van der Waals surface area contributed by atoms with Crippen LogP contribution in [0.4, 0.5) is 4.39 Å². The zero-order valence-corrected chi connectivity index (χ0v) is 19.1. The molecule has 4 rings (SSSR count). The third kappa shape index (κ3) is 5.25. The number of ether oxygens (including phenoxy) is 1. The fourth-order valence-electron chi connectivity index (χ4n) is 4.46. The summed E-state index contributed by atoms with van der Waals surface area (Å²) in [6.45, 7) is 1.16. The lowest BCUT2D eigenvalue weighted by Gasteiger charge is -2.36. The molecule has 0 spiro atoms. The van der Waals surface area contributed by atoms with Gasteiger partial charge in [0, 0.05) is 19.6 Å². The summed E-state index contributed by atoms with van der Waals surface area (Å²) < 4.78 is 46.6. The van der Waals surface area contributed by atoms with Crippen molar-refractivity contribution in [2.45, 2.75) is 43.0 Å². The number of sulfonamides is 1. The molecule has 1 atom stereocenters. The summed E-state index contributed by atoms with van der Waals surface area (Å²) in [4.78, 5) is 26.7. The zero-order valence-electron chi connectivity index (χ0n) is 18.3. The van der Waals surface area contributed by atoms with E-state index >= 15 is 0 Å². The fraction of sp³-hybridized carbons (Fsp3) is 0.417. The number of hydrogen-bond acceptors (Lipinski definition) is 5. The van der Waals surface area contributed by atoms with Gasteiger partial charge in [-0.25, -0.2) is 12.8 Å². The lowest BCUT2D eigenvalue weighted by Crippen LogP contribution is -2.41. The molecule has 0 aromatic heterocycles. The molecule has 176 valence electrons. The number of nitrogens with zero attached hydrogens (tertiary/aromatic N) is 2. The van der Waals surface area contributed by atoms with Crippen LogP contribution in [-0.4, -0.2) is 55.7 Å². The maximum Gasteiger partial charge on any atom is 0.308 e. The van der Waals surface area contributed by atoms with Crippen LogP contribution in [0, 0.1) is 5.82 Å². The van der Waals surface area contributed by atoms with E-state index in [4.69, 9.17) is 4.74 Å². The molecule has 0 unspecified atom stereocenters. The van der Waals surface area contributed by atoms with E-state index in [9.17, 15) is 22.4 Å². The maximum atomic E-state index is 13.4. The van der Waals surface area contributed by atoms with E-state index in [2.05, 4.69) is 0 Å². The Labute approximate surface area is 193 Å². The molecule has 9 heteroatoms. The molecule has 2 heterocycles. The molecule has 2 aliphatic heterocycles. The molecular weight excluding hydrogens is 447 g/mol. The van der Waals surface area contributed by atoms with E-state index < -0.39 is 27.9 Å². The molecule has 0 bridgehead atoms. The van der Waals surface area contributed by atoms with E-state index in [1.54, 1.807) is 17.0 Å². The van der Waals surface area contributed by atoms with Gasteiger partial charge in [-0.1, -0.05) is 24.3 Å². The number of hydrogen-bond donors (Lipinski definition) is 0. The van der Waals surface area contributed by atoms with E-state index in [1.165, 1.54) is 16.4 Å². The highest BCUT2D eigenvalue weighted by atomic mass is 32.2. The molecule has 1 amide bonds. The largest absolute Gasteiger partial charge is 0.456 e. The number of amides is 1. The first-order chi connectivity index (χ1) is 15.9. The van der Waals surface area contributed by atoms with Gasteiger partial charge in [0.1, 0.15) is 5.82 Å². The highest BCUT2D eigenvalue weighted by Crippen LogP contribution is 2.36. The van der Waals surface area contributed by atoms with Gasteiger partial charge < -0.3 is 9.64 Å². The summed E-state index contributed by atoms with van der Waals surface area (Å²) >= 11 is 0. The monoisotopic (exact) mass is 474 g/mol. The van der Waals surface area contributed by atoms with Crippen molar-refractivity contribution in [3.05, 3.63) is 65.5 Å². The number of carbonyl (C=O) groups is 2. The molecule has 0 radical (unpaired) electrons. The highest BCUT2D eigenvalue weighted by Gasteiger charge is 2.38. The second kappa shape index (κ2) is 10.0. The van der Waals surface area contributed by atoms with Crippen LogP contribution < -0.4 is 0 Å². The van der Waals surface area contributed by atoms with Crippen molar-refractivity contribution in [3.8, 4) is 0 Å². The van der Waals surface area contributed by atoms with Crippen LogP contribution in [0.1, 0.15) is 42.9 Å². The Balaban J connectivity index is 1.52. The predicted octanol–water partition coefficient (Wildman–Crippen LogP) is 3.06. The molecule has 7 nitrogen and oxygen atoms in total. The molecule has 0 saturated carbocycles. The van der Waals surface area contributed by atoms with Gasteiger partial charge in [0.2, 0.25) is 10.0 Å². The maximum absolute atomic E-state index is 13.4.